The second-order valence-electron chi connectivity index (χ2n) is 1.54. The molecule has 70 valence electrons. The molecule has 0 saturated heterocycles. The van der Waals surface area contributed by atoms with Crippen LogP contribution in [0.15, 0.2) is 0 Å². The Morgan fingerprint density at radius 1 is 1.17 bits per heavy atom. The van der Waals surface area contributed by atoms with Gasteiger partial charge >= 0.3 is 12.1 Å². The van der Waals surface area contributed by atoms with Crippen molar-refractivity contribution in [3.63, 3.8) is 0 Å². The van der Waals surface area contributed by atoms with Gasteiger partial charge in [-0.3, -0.25) is 11.3 Å². The molecule has 0 radical (unpaired) electrons. The Morgan fingerprint density at radius 3 is 2.08 bits per heavy atom. The van der Waals surface area contributed by atoms with Crippen LogP contribution in [-0.4, -0.2) is 17.3 Å². The van der Waals surface area contributed by atoms with Gasteiger partial charge in [-0.15, -0.1) is 5.53 Å². The molecule has 0 aromatic carbocycles. The first-order valence-corrected chi connectivity index (χ1v) is 2.70. The molecule has 0 aliphatic heterocycles. The van der Waals surface area contributed by atoms with Gasteiger partial charge in [-0.05, 0) is 0 Å². The Balaban J connectivity index is 3.67. The summed E-state index contributed by atoms with van der Waals surface area (Å²) in [5, 5.41) is 0.688. The van der Waals surface area contributed by atoms with E-state index < -0.39 is 12.1 Å². The maximum atomic E-state index is 10.2. The van der Waals surface area contributed by atoms with E-state index >= 15 is 0 Å². The molecule has 10 nitrogen and oxygen atoms in total. The molecule has 0 aliphatic rings. The van der Waals surface area contributed by atoms with Gasteiger partial charge < -0.3 is 11.5 Å². The van der Waals surface area contributed by atoms with Gasteiger partial charge in [0.25, 0.3) is 0 Å². The molecule has 4 amide bonds. The average molecular weight is 178 g/mol. The maximum Gasteiger partial charge on any atom is 0.328 e. The number of nitrogens with zero attached hydrogens (tertiary/aromatic N) is 1. The lowest BCUT2D eigenvalue weighted by molar-refractivity contribution is 0.0486. The fourth-order valence-electron chi connectivity index (χ4n) is 0.314. The summed E-state index contributed by atoms with van der Waals surface area (Å²) in [6.45, 7) is 0. The van der Waals surface area contributed by atoms with E-state index in [1.807, 2.05) is 16.4 Å². The topological polar surface area (TPSA) is 164 Å². The van der Waals surface area contributed by atoms with Gasteiger partial charge in [0.1, 0.15) is 0 Å². The highest BCUT2D eigenvalue weighted by atomic mass is 16.2. The van der Waals surface area contributed by atoms with E-state index in [4.69, 9.17) is 11.6 Å². The number of hydrogen-bond donors (Lipinski definition) is 7. The molecule has 0 heterocycles. The fourth-order valence-corrected chi connectivity index (χ4v) is 0.314. The Labute approximate surface area is 67.3 Å². The van der Waals surface area contributed by atoms with Crippen LogP contribution in [0.1, 0.15) is 0 Å². The van der Waals surface area contributed by atoms with Crippen LogP contribution >= 0.6 is 0 Å². The van der Waals surface area contributed by atoms with Crippen molar-refractivity contribution in [2.75, 3.05) is 0 Å². The SMILES string of the molecule is NNN(NNC(N)=O)NC(N)=O. The molecule has 0 aromatic rings. The number of urea groups is 2. The number of carbonyl (C=O) groups excluding carboxylic acids is 2. The van der Waals surface area contributed by atoms with E-state index in [-0.39, 0.29) is 0 Å². The number of hydrogen-bond acceptors (Lipinski definition) is 6. The maximum absolute atomic E-state index is 10.2. The third-order valence-corrected chi connectivity index (χ3v) is 0.642. The van der Waals surface area contributed by atoms with E-state index in [9.17, 15) is 9.59 Å². The Bertz CT molecular complexity index is 168. The van der Waals surface area contributed by atoms with Crippen LogP contribution in [0.2, 0.25) is 0 Å². The zero-order chi connectivity index (χ0) is 9.56. The number of amides is 4. The third-order valence-electron chi connectivity index (χ3n) is 0.642. The largest absolute Gasteiger partial charge is 0.351 e. The highest BCUT2D eigenvalue weighted by Gasteiger charge is 2.02. The first-order valence-electron chi connectivity index (χ1n) is 2.70. The third kappa shape index (κ3) is 5.19. The number of primary amides is 2. The van der Waals surface area contributed by atoms with Crippen molar-refractivity contribution in [3.05, 3.63) is 0 Å². The zero-order valence-electron chi connectivity index (χ0n) is 6.00. The number of carbonyl (C=O) groups is 2. The van der Waals surface area contributed by atoms with Crippen LogP contribution in [-0.2, 0) is 0 Å². The van der Waals surface area contributed by atoms with Gasteiger partial charge in [-0.2, -0.15) is 5.53 Å². The van der Waals surface area contributed by atoms with Crippen molar-refractivity contribution in [2.45, 2.75) is 0 Å². The molecular weight excluding hydrogens is 168 g/mol. The van der Waals surface area contributed by atoms with Crippen molar-refractivity contribution in [1.82, 2.24) is 27.1 Å². The molecule has 0 unspecified atom stereocenters. The lowest BCUT2D eigenvalue weighted by Crippen LogP contribution is -2.66. The smallest absolute Gasteiger partial charge is 0.328 e. The number of nitrogens with two attached hydrogens (primary N) is 3. The van der Waals surface area contributed by atoms with Crippen LogP contribution in [0.3, 0.4) is 0 Å². The standard InChI is InChI=1S/C2H10N8O2/c3-1(11)6-9-10(8-5)7-2(4)12/h8-9H,5H2,(H3,3,6,11)(H3,4,7,12). The minimum Gasteiger partial charge on any atom is -0.351 e. The molecular formula is C2H10N8O2. The lowest BCUT2D eigenvalue weighted by atomic mass is 11.1. The van der Waals surface area contributed by atoms with Crippen molar-refractivity contribution >= 4 is 12.1 Å². The van der Waals surface area contributed by atoms with E-state index in [1.54, 1.807) is 0 Å². The zero-order valence-corrected chi connectivity index (χ0v) is 6.00. The summed E-state index contributed by atoms with van der Waals surface area (Å²) in [6, 6.07) is -1.74. The van der Waals surface area contributed by atoms with Crippen molar-refractivity contribution < 1.29 is 9.59 Å². The molecule has 10 N–H and O–H groups in total. The van der Waals surface area contributed by atoms with Crippen LogP contribution in [0.5, 0.6) is 0 Å². The first kappa shape index (κ1) is 10.4. The molecule has 0 saturated carbocycles. The Hall–Kier alpha value is -1.62. The van der Waals surface area contributed by atoms with Gasteiger partial charge in [-0.1, -0.05) is 5.23 Å². The Morgan fingerprint density at radius 2 is 1.75 bits per heavy atom. The highest BCUT2D eigenvalue weighted by molar-refractivity contribution is 5.71. The van der Waals surface area contributed by atoms with Crippen molar-refractivity contribution in [2.24, 2.45) is 17.3 Å². The highest BCUT2D eigenvalue weighted by Crippen LogP contribution is 1.60. The molecule has 10 heteroatoms. The van der Waals surface area contributed by atoms with Crippen LogP contribution in [0, 0.1) is 0 Å². The summed E-state index contributed by atoms with van der Waals surface area (Å²) in [7, 11) is 0. The van der Waals surface area contributed by atoms with Gasteiger partial charge in [0.05, 0.1) is 0 Å². The number of hydrazine groups is 5. The summed E-state index contributed by atoms with van der Waals surface area (Å²) in [6.07, 6.45) is 0. The summed E-state index contributed by atoms with van der Waals surface area (Å²) < 4.78 is 0. The molecule has 0 aliphatic carbocycles. The monoisotopic (exact) mass is 178 g/mol. The molecule has 0 aromatic heterocycles. The lowest BCUT2D eigenvalue weighted by Gasteiger charge is -2.19. The first-order chi connectivity index (χ1) is 5.56. The van der Waals surface area contributed by atoms with E-state index in [1.165, 1.54) is 0 Å². The predicted octanol–water partition coefficient (Wildman–Crippen LogP) is -3.66. The summed E-state index contributed by atoms with van der Waals surface area (Å²) in [5.74, 6) is 4.86. The van der Waals surface area contributed by atoms with Crippen LogP contribution < -0.4 is 39.2 Å². The quantitative estimate of drug-likeness (QED) is 0.173. The molecule has 0 bridgehead atoms. The molecule has 0 atom stereocenters. The van der Waals surface area contributed by atoms with Crippen molar-refractivity contribution in [3.8, 4) is 0 Å². The molecule has 12 heavy (non-hydrogen) atoms. The predicted molar refractivity (Wildman–Crippen MR) is 37.7 cm³/mol. The van der Waals surface area contributed by atoms with Gasteiger partial charge in [0.2, 0.25) is 0 Å². The number of rotatable bonds is 4. The van der Waals surface area contributed by atoms with Crippen molar-refractivity contribution in [1.29, 1.82) is 0 Å². The van der Waals surface area contributed by atoms with Crippen LogP contribution in [0.25, 0.3) is 0 Å². The second-order valence-corrected chi connectivity index (χ2v) is 1.54. The van der Waals surface area contributed by atoms with Gasteiger partial charge in [-0.25, -0.2) is 15.0 Å². The summed E-state index contributed by atoms with van der Waals surface area (Å²) in [4.78, 5) is 20.3. The van der Waals surface area contributed by atoms with Crippen LogP contribution in [0.4, 0.5) is 9.59 Å². The molecule has 0 spiro atoms. The normalized spacial score (nSPS) is 9.50. The average Bonchev–Trinajstić information content (AvgIpc) is 1.97. The molecule has 0 rings (SSSR count). The van der Waals surface area contributed by atoms with Gasteiger partial charge in [0, 0.05) is 0 Å². The van der Waals surface area contributed by atoms with E-state index in [0.717, 1.165) is 0 Å². The van der Waals surface area contributed by atoms with Gasteiger partial charge in [0.15, 0.2) is 0 Å². The Kier molecular flexibility index (Phi) is 4.40. The minimum absolute atomic E-state index is 0.688. The molecule has 0 fully saturated rings. The van der Waals surface area contributed by atoms with E-state index in [0.29, 0.717) is 5.23 Å². The summed E-state index contributed by atoms with van der Waals surface area (Å²) in [5.41, 5.74) is 17.2. The number of nitrogens with one attached hydrogen (secondary N) is 4. The summed E-state index contributed by atoms with van der Waals surface area (Å²) >= 11 is 0. The van der Waals surface area contributed by atoms with E-state index in [2.05, 4.69) is 11.3 Å². The fraction of sp³-hybridized carbons (Fsp3) is 0. The minimum atomic E-state index is -0.883. The second kappa shape index (κ2) is 5.09.